The minimum Gasteiger partial charge on any atom is -0.396 e. The zero-order valence-corrected chi connectivity index (χ0v) is 18.9. The zero-order valence-electron chi connectivity index (χ0n) is 18.9. The van der Waals surface area contributed by atoms with Crippen molar-refractivity contribution in [2.75, 3.05) is 31.6 Å². The number of nitrogens with one attached hydrogen (secondary N) is 2. The number of halogens is 1. The van der Waals surface area contributed by atoms with Crippen LogP contribution in [0.5, 0.6) is 0 Å². The van der Waals surface area contributed by atoms with Crippen molar-refractivity contribution >= 4 is 17.6 Å². The largest absolute Gasteiger partial charge is 0.396 e. The molecule has 4 rings (SSSR count). The molecule has 7 heteroatoms. The van der Waals surface area contributed by atoms with E-state index < -0.39 is 0 Å². The van der Waals surface area contributed by atoms with Crippen LogP contribution < -0.4 is 10.6 Å². The summed E-state index contributed by atoms with van der Waals surface area (Å²) in [4.78, 5) is 9.01. The van der Waals surface area contributed by atoms with E-state index in [9.17, 15) is 9.50 Å². The average molecular weight is 448 g/mol. The van der Waals surface area contributed by atoms with E-state index in [2.05, 4.69) is 39.9 Å². The van der Waals surface area contributed by atoms with E-state index in [1.165, 1.54) is 17.7 Å². The fraction of sp³-hybridized carbons (Fsp3) is 0.308. The van der Waals surface area contributed by atoms with E-state index in [0.29, 0.717) is 19.5 Å². The SMILES string of the molecule is Cc1cn(-c2ccc(/C=C3\CCCN=C3NCCNc3ccc(F)cc3)c(CCO)c2)cn1. The second-order valence-electron chi connectivity index (χ2n) is 8.14. The molecule has 0 aliphatic carbocycles. The lowest BCUT2D eigenvalue weighted by atomic mass is 9.98. The predicted molar refractivity (Wildman–Crippen MR) is 131 cm³/mol. The molecule has 3 aromatic rings. The van der Waals surface area contributed by atoms with Crippen LogP contribution in [0.2, 0.25) is 0 Å². The summed E-state index contributed by atoms with van der Waals surface area (Å²) in [5, 5.41) is 16.4. The number of amidine groups is 1. The first kappa shape index (κ1) is 22.7. The number of hydrogen-bond donors (Lipinski definition) is 3. The molecule has 172 valence electrons. The molecule has 2 aromatic carbocycles. The van der Waals surface area contributed by atoms with Gasteiger partial charge in [0.1, 0.15) is 11.7 Å². The summed E-state index contributed by atoms with van der Waals surface area (Å²) in [5.41, 5.74) is 6.25. The van der Waals surface area contributed by atoms with Gasteiger partial charge < -0.3 is 20.3 Å². The Morgan fingerprint density at radius 3 is 2.70 bits per heavy atom. The normalized spacial score (nSPS) is 14.9. The summed E-state index contributed by atoms with van der Waals surface area (Å²) >= 11 is 0. The Hall–Kier alpha value is -3.45. The van der Waals surface area contributed by atoms with Crippen LogP contribution in [-0.2, 0) is 6.42 Å². The Morgan fingerprint density at radius 1 is 1.12 bits per heavy atom. The van der Waals surface area contributed by atoms with Gasteiger partial charge >= 0.3 is 0 Å². The van der Waals surface area contributed by atoms with Gasteiger partial charge in [-0.1, -0.05) is 6.07 Å². The molecule has 0 bridgehead atoms. The standard InChI is InChI=1S/C26H30FN5O/c1-19-17-32(18-31-19)25-9-4-20(21(16-25)10-14-33)15-22-3-2-11-29-26(22)30-13-12-28-24-7-5-23(27)6-8-24/h4-9,15-18,28,33H,2-3,10-14H2,1H3,(H,29,30)/b22-15+. The van der Waals surface area contributed by atoms with E-state index in [1.54, 1.807) is 18.5 Å². The Balaban J connectivity index is 1.46. The van der Waals surface area contributed by atoms with Crippen molar-refractivity contribution < 1.29 is 9.50 Å². The van der Waals surface area contributed by atoms with Gasteiger partial charge in [0.2, 0.25) is 0 Å². The van der Waals surface area contributed by atoms with Gasteiger partial charge in [0.15, 0.2) is 0 Å². The van der Waals surface area contributed by atoms with Crippen LogP contribution in [0.4, 0.5) is 10.1 Å². The fourth-order valence-corrected chi connectivity index (χ4v) is 3.93. The maximum Gasteiger partial charge on any atom is 0.124 e. The number of imidazole rings is 1. The Labute approximate surface area is 193 Å². The first-order chi connectivity index (χ1) is 16.1. The maximum absolute atomic E-state index is 13.0. The van der Waals surface area contributed by atoms with Gasteiger partial charge in [0.05, 0.1) is 12.0 Å². The van der Waals surface area contributed by atoms with Gasteiger partial charge in [-0.15, -0.1) is 0 Å². The highest BCUT2D eigenvalue weighted by atomic mass is 19.1. The molecule has 0 fully saturated rings. The number of anilines is 1. The van der Waals surface area contributed by atoms with Crippen molar-refractivity contribution in [2.24, 2.45) is 4.99 Å². The summed E-state index contributed by atoms with van der Waals surface area (Å²) in [7, 11) is 0. The number of aryl methyl sites for hydroxylation is 1. The van der Waals surface area contributed by atoms with Crippen LogP contribution in [0.15, 0.2) is 65.6 Å². The lowest BCUT2D eigenvalue weighted by molar-refractivity contribution is 0.299. The van der Waals surface area contributed by atoms with Gasteiger partial charge in [-0.05, 0) is 85.4 Å². The molecule has 0 saturated carbocycles. The Kier molecular flexibility index (Phi) is 7.52. The molecule has 1 aromatic heterocycles. The molecule has 0 amide bonds. The van der Waals surface area contributed by atoms with E-state index >= 15 is 0 Å². The minimum absolute atomic E-state index is 0.0941. The molecule has 2 heterocycles. The van der Waals surface area contributed by atoms with Crippen LogP contribution in [0, 0.1) is 12.7 Å². The van der Waals surface area contributed by atoms with E-state index in [0.717, 1.165) is 53.4 Å². The minimum atomic E-state index is -0.237. The van der Waals surface area contributed by atoms with Gasteiger partial charge in [0, 0.05) is 43.8 Å². The van der Waals surface area contributed by atoms with Gasteiger partial charge in [-0.2, -0.15) is 0 Å². The van der Waals surface area contributed by atoms with Crippen LogP contribution in [0.3, 0.4) is 0 Å². The summed E-state index contributed by atoms with van der Waals surface area (Å²) in [6.45, 7) is 4.28. The highest BCUT2D eigenvalue weighted by Gasteiger charge is 2.13. The number of aliphatic hydroxyl groups excluding tert-OH is 1. The number of aliphatic imine (C=N–C) groups is 1. The summed E-state index contributed by atoms with van der Waals surface area (Å²) < 4.78 is 15.0. The third-order valence-electron chi connectivity index (χ3n) is 5.62. The molecule has 0 atom stereocenters. The molecule has 6 nitrogen and oxygen atoms in total. The van der Waals surface area contributed by atoms with Crippen LogP contribution in [-0.4, -0.2) is 46.7 Å². The molecule has 0 spiro atoms. The molecule has 0 unspecified atom stereocenters. The number of aromatic nitrogens is 2. The van der Waals surface area contributed by atoms with Gasteiger partial charge in [0.25, 0.3) is 0 Å². The lowest BCUT2D eigenvalue weighted by Crippen LogP contribution is -2.32. The molecule has 1 aliphatic rings. The number of rotatable bonds is 8. The molecule has 1 aliphatic heterocycles. The van der Waals surface area contributed by atoms with Crippen molar-refractivity contribution in [3.8, 4) is 5.69 Å². The smallest absolute Gasteiger partial charge is 0.124 e. The quantitative estimate of drug-likeness (QED) is 0.454. The first-order valence-corrected chi connectivity index (χ1v) is 11.4. The highest BCUT2D eigenvalue weighted by molar-refractivity contribution is 6.02. The maximum atomic E-state index is 13.0. The Morgan fingerprint density at radius 2 is 1.94 bits per heavy atom. The third kappa shape index (κ3) is 6.08. The number of nitrogens with zero attached hydrogens (tertiary/aromatic N) is 3. The lowest BCUT2D eigenvalue weighted by Gasteiger charge is -2.19. The number of benzene rings is 2. The molecule has 3 N–H and O–H groups in total. The van der Waals surface area contributed by atoms with Crippen LogP contribution in [0.1, 0.15) is 29.7 Å². The van der Waals surface area contributed by atoms with E-state index in [1.807, 2.05) is 17.7 Å². The van der Waals surface area contributed by atoms with E-state index in [-0.39, 0.29) is 12.4 Å². The second-order valence-corrected chi connectivity index (χ2v) is 8.14. The van der Waals surface area contributed by atoms with Gasteiger partial charge in [-0.25, -0.2) is 9.37 Å². The van der Waals surface area contributed by atoms with Crippen molar-refractivity contribution in [1.29, 1.82) is 0 Å². The monoisotopic (exact) mass is 447 g/mol. The summed E-state index contributed by atoms with van der Waals surface area (Å²) in [6, 6.07) is 12.7. The summed E-state index contributed by atoms with van der Waals surface area (Å²) in [6.07, 6.45) is 8.55. The molecular formula is C26H30FN5O. The molecule has 0 radical (unpaired) electrons. The van der Waals surface area contributed by atoms with Crippen molar-refractivity contribution in [1.82, 2.24) is 14.9 Å². The third-order valence-corrected chi connectivity index (χ3v) is 5.62. The second kappa shape index (κ2) is 10.9. The highest BCUT2D eigenvalue weighted by Crippen LogP contribution is 2.22. The Bertz CT molecular complexity index is 1130. The molecular weight excluding hydrogens is 417 g/mol. The van der Waals surface area contributed by atoms with Crippen molar-refractivity contribution in [3.05, 3.63) is 83.2 Å². The average Bonchev–Trinajstić information content (AvgIpc) is 3.26. The molecule has 33 heavy (non-hydrogen) atoms. The van der Waals surface area contributed by atoms with Crippen molar-refractivity contribution in [2.45, 2.75) is 26.2 Å². The van der Waals surface area contributed by atoms with Crippen LogP contribution in [0.25, 0.3) is 11.8 Å². The van der Waals surface area contributed by atoms with E-state index in [4.69, 9.17) is 4.99 Å². The topological polar surface area (TPSA) is 74.5 Å². The van der Waals surface area contributed by atoms with Crippen molar-refractivity contribution in [3.63, 3.8) is 0 Å². The zero-order chi connectivity index (χ0) is 23.0. The first-order valence-electron chi connectivity index (χ1n) is 11.4. The predicted octanol–water partition coefficient (Wildman–Crippen LogP) is 4.13. The summed E-state index contributed by atoms with van der Waals surface area (Å²) in [5.74, 6) is 0.685. The fourth-order valence-electron chi connectivity index (χ4n) is 3.93. The number of aliphatic hydroxyl groups is 1. The van der Waals surface area contributed by atoms with Crippen LogP contribution >= 0.6 is 0 Å². The number of hydrogen-bond acceptors (Lipinski definition) is 5. The molecule has 0 saturated heterocycles. The van der Waals surface area contributed by atoms with Gasteiger partial charge in [-0.3, -0.25) is 4.99 Å².